The summed E-state index contributed by atoms with van der Waals surface area (Å²) in [4.78, 5) is 63.4. The van der Waals surface area contributed by atoms with Gasteiger partial charge in [0.1, 0.15) is 6.54 Å². The number of hydrazine groups is 1. The van der Waals surface area contributed by atoms with Crippen molar-refractivity contribution in [1.82, 2.24) is 10.0 Å². The Morgan fingerprint density at radius 1 is 0.941 bits per heavy atom. The SMILES string of the molecule is O=C(CN(C(=O)c1ccc(Cl)cc1)N1C(=O)[C@H]2[C@H](C1=O)[C@H]1C=C[C@H]2C1)c1ccc([N+](=O)[O-])cc1. The molecule has 2 aliphatic carbocycles. The first kappa shape index (κ1) is 22.0. The first-order valence-electron chi connectivity index (χ1n) is 10.7. The average molecular weight is 480 g/mol. The van der Waals surface area contributed by atoms with Crippen molar-refractivity contribution in [2.75, 3.05) is 6.54 Å². The van der Waals surface area contributed by atoms with Crippen LogP contribution >= 0.6 is 11.6 Å². The number of nitrogens with zero attached hydrogens (tertiary/aromatic N) is 3. The third-order valence-corrected chi connectivity index (χ3v) is 6.96. The highest BCUT2D eigenvalue weighted by Crippen LogP contribution is 2.52. The van der Waals surface area contributed by atoms with E-state index in [0.29, 0.717) is 5.02 Å². The lowest BCUT2D eigenvalue weighted by atomic mass is 9.85. The number of benzene rings is 2. The van der Waals surface area contributed by atoms with Crippen LogP contribution in [0.4, 0.5) is 5.69 Å². The summed E-state index contributed by atoms with van der Waals surface area (Å²) in [7, 11) is 0. The molecule has 4 atom stereocenters. The number of halogens is 1. The Morgan fingerprint density at radius 3 is 2.00 bits per heavy atom. The summed E-state index contributed by atoms with van der Waals surface area (Å²) < 4.78 is 0. The summed E-state index contributed by atoms with van der Waals surface area (Å²) in [6.07, 6.45) is 4.61. The number of nitro groups is 1. The van der Waals surface area contributed by atoms with Gasteiger partial charge in [-0.1, -0.05) is 23.8 Å². The molecule has 2 fully saturated rings. The van der Waals surface area contributed by atoms with Gasteiger partial charge in [-0.15, -0.1) is 0 Å². The molecule has 5 rings (SSSR count). The molecule has 0 aromatic heterocycles. The quantitative estimate of drug-likeness (QED) is 0.206. The van der Waals surface area contributed by atoms with Crippen LogP contribution in [0.3, 0.4) is 0 Å². The molecule has 0 N–H and O–H groups in total. The van der Waals surface area contributed by atoms with Crippen LogP contribution in [0.2, 0.25) is 5.02 Å². The van der Waals surface area contributed by atoms with Gasteiger partial charge < -0.3 is 0 Å². The van der Waals surface area contributed by atoms with Crippen molar-refractivity contribution in [3.8, 4) is 0 Å². The molecule has 34 heavy (non-hydrogen) atoms. The fraction of sp³-hybridized carbons (Fsp3) is 0.250. The Hall–Kier alpha value is -3.85. The van der Waals surface area contributed by atoms with E-state index in [1.165, 1.54) is 48.5 Å². The highest BCUT2D eigenvalue weighted by Gasteiger charge is 2.61. The molecule has 2 bridgehead atoms. The van der Waals surface area contributed by atoms with Gasteiger partial charge in [-0.2, -0.15) is 5.01 Å². The number of hydrogen-bond donors (Lipinski definition) is 0. The van der Waals surface area contributed by atoms with E-state index in [9.17, 15) is 29.3 Å². The van der Waals surface area contributed by atoms with Crippen LogP contribution in [-0.4, -0.2) is 45.0 Å². The number of allylic oxidation sites excluding steroid dienone is 2. The lowest BCUT2D eigenvalue weighted by Crippen LogP contribution is -2.52. The lowest BCUT2D eigenvalue weighted by molar-refractivity contribution is -0.384. The van der Waals surface area contributed by atoms with Crippen molar-refractivity contribution < 1.29 is 24.1 Å². The third-order valence-electron chi connectivity index (χ3n) is 6.71. The minimum absolute atomic E-state index is 0.0608. The predicted octanol–water partition coefficient (Wildman–Crippen LogP) is 3.30. The van der Waals surface area contributed by atoms with E-state index >= 15 is 0 Å². The molecule has 2 aromatic rings. The number of non-ortho nitro benzene ring substituents is 1. The van der Waals surface area contributed by atoms with Crippen LogP contribution in [-0.2, 0) is 9.59 Å². The molecule has 1 saturated heterocycles. The van der Waals surface area contributed by atoms with Gasteiger partial charge in [0.25, 0.3) is 23.4 Å². The number of ketones is 1. The third kappa shape index (κ3) is 3.49. The fourth-order valence-corrected chi connectivity index (χ4v) is 5.22. The van der Waals surface area contributed by atoms with Gasteiger partial charge in [0.2, 0.25) is 0 Å². The number of Topliss-reactive ketones (excluding diaryl/α,β-unsaturated/α-hetero) is 1. The van der Waals surface area contributed by atoms with Crippen molar-refractivity contribution in [3.05, 3.63) is 86.9 Å². The number of rotatable bonds is 6. The van der Waals surface area contributed by atoms with Gasteiger partial charge in [-0.05, 0) is 54.7 Å². The zero-order valence-corrected chi connectivity index (χ0v) is 18.4. The summed E-state index contributed by atoms with van der Waals surface area (Å²) in [5.41, 5.74) is 0.0755. The highest BCUT2D eigenvalue weighted by atomic mass is 35.5. The first-order valence-corrected chi connectivity index (χ1v) is 11.0. The van der Waals surface area contributed by atoms with Gasteiger partial charge in [-0.3, -0.25) is 29.3 Å². The molecular formula is C24H18ClN3O6. The van der Waals surface area contributed by atoms with Crippen molar-refractivity contribution in [3.63, 3.8) is 0 Å². The molecule has 0 radical (unpaired) electrons. The fourth-order valence-electron chi connectivity index (χ4n) is 5.10. The Labute approximate surface area is 198 Å². The van der Waals surface area contributed by atoms with Crippen molar-refractivity contribution in [1.29, 1.82) is 0 Å². The summed E-state index contributed by atoms with van der Waals surface area (Å²) in [6, 6.07) is 10.8. The maximum Gasteiger partial charge on any atom is 0.273 e. The number of fused-ring (bicyclic) bond motifs is 5. The molecule has 10 heteroatoms. The van der Waals surface area contributed by atoms with Crippen molar-refractivity contribution in [2.24, 2.45) is 23.7 Å². The van der Waals surface area contributed by atoms with Gasteiger partial charge in [0, 0.05) is 28.3 Å². The zero-order valence-electron chi connectivity index (χ0n) is 17.7. The van der Waals surface area contributed by atoms with Crippen LogP contribution in [0.1, 0.15) is 27.1 Å². The Bertz CT molecular complexity index is 1230. The molecule has 9 nitrogen and oxygen atoms in total. The number of hydrogen-bond acceptors (Lipinski definition) is 6. The van der Waals surface area contributed by atoms with E-state index in [1.807, 2.05) is 12.2 Å². The van der Waals surface area contributed by atoms with Crippen LogP contribution in [0.5, 0.6) is 0 Å². The molecule has 1 aliphatic heterocycles. The van der Waals surface area contributed by atoms with E-state index in [1.54, 1.807) is 0 Å². The number of carbonyl (C=O) groups is 4. The van der Waals surface area contributed by atoms with E-state index in [2.05, 4.69) is 0 Å². The zero-order chi connectivity index (χ0) is 24.1. The largest absolute Gasteiger partial charge is 0.292 e. The number of amides is 3. The first-order chi connectivity index (χ1) is 16.3. The van der Waals surface area contributed by atoms with Gasteiger partial charge >= 0.3 is 0 Å². The smallest absolute Gasteiger partial charge is 0.273 e. The van der Waals surface area contributed by atoms with Gasteiger partial charge in [0.15, 0.2) is 5.78 Å². The minimum Gasteiger partial charge on any atom is -0.292 e. The van der Waals surface area contributed by atoms with Crippen LogP contribution in [0, 0.1) is 33.8 Å². The summed E-state index contributed by atoms with van der Waals surface area (Å²) in [6.45, 7) is -0.584. The highest BCUT2D eigenvalue weighted by molar-refractivity contribution is 6.30. The normalized spacial score (nSPS) is 24.4. The molecule has 1 heterocycles. The van der Waals surface area contributed by atoms with Crippen LogP contribution < -0.4 is 0 Å². The Morgan fingerprint density at radius 2 is 1.47 bits per heavy atom. The predicted molar refractivity (Wildman–Crippen MR) is 119 cm³/mol. The molecule has 3 amide bonds. The summed E-state index contributed by atoms with van der Waals surface area (Å²) in [5.74, 6) is -3.47. The average Bonchev–Trinajstić information content (AvgIpc) is 3.51. The van der Waals surface area contributed by atoms with Crippen molar-refractivity contribution in [2.45, 2.75) is 6.42 Å². The summed E-state index contributed by atoms with van der Waals surface area (Å²) in [5, 5.41) is 13.0. The van der Waals surface area contributed by atoms with E-state index in [4.69, 9.17) is 11.6 Å². The standard InChI is InChI=1S/C24H18ClN3O6/c25-17-7-3-14(4-8-17)22(30)26(12-19(29)13-5-9-18(10-6-13)28(33)34)27-23(31)20-15-1-2-16(11-15)21(20)24(27)32/h1-10,15-16,20-21H,11-12H2/t15-,16-,20+,21+/m0/s1. The second-order valence-corrected chi connectivity index (χ2v) is 9.02. The van der Waals surface area contributed by atoms with Crippen LogP contribution in [0.15, 0.2) is 60.7 Å². The monoisotopic (exact) mass is 479 g/mol. The number of imide groups is 1. The second-order valence-electron chi connectivity index (χ2n) is 8.59. The Balaban J connectivity index is 1.48. The Kier molecular flexibility index (Phi) is 5.28. The maximum atomic E-state index is 13.4. The topological polar surface area (TPSA) is 118 Å². The van der Waals surface area contributed by atoms with Crippen molar-refractivity contribution >= 4 is 40.8 Å². The minimum atomic E-state index is -0.700. The van der Waals surface area contributed by atoms with Gasteiger partial charge in [-0.25, -0.2) is 5.01 Å². The van der Waals surface area contributed by atoms with Crippen LogP contribution in [0.25, 0.3) is 0 Å². The number of carbonyl (C=O) groups excluding carboxylic acids is 4. The molecule has 2 aromatic carbocycles. The van der Waals surface area contributed by atoms with E-state index in [0.717, 1.165) is 16.4 Å². The molecule has 172 valence electrons. The van der Waals surface area contributed by atoms with E-state index in [-0.39, 0.29) is 28.7 Å². The van der Waals surface area contributed by atoms with E-state index < -0.39 is 46.8 Å². The second kappa shape index (κ2) is 8.18. The maximum absolute atomic E-state index is 13.4. The molecular weight excluding hydrogens is 462 g/mol. The summed E-state index contributed by atoms with van der Waals surface area (Å²) >= 11 is 5.92. The lowest BCUT2D eigenvalue weighted by Gasteiger charge is -2.30. The molecule has 0 unspecified atom stereocenters. The number of nitro benzene ring substituents is 1. The molecule has 3 aliphatic rings. The molecule has 0 spiro atoms. The molecule has 1 saturated carbocycles. The van der Waals surface area contributed by atoms with Gasteiger partial charge in [0.05, 0.1) is 16.8 Å².